The SMILES string of the molecule is CC(C)(C)OC(=O)CCOCCNC(=O)COc1cccc(C(=O)NCCCC(=O)CCOCCNC(=O)CCCC[C@@H]2SC[C@@H]3NC(=O)N[C@@H]32)c1. The fourth-order valence-electron chi connectivity index (χ4n) is 5.47. The van der Waals surface area contributed by atoms with Crippen molar-refractivity contribution in [3.63, 3.8) is 0 Å². The molecule has 2 saturated heterocycles. The van der Waals surface area contributed by atoms with Gasteiger partial charge >= 0.3 is 12.0 Å². The normalized spacial score (nSPS) is 17.8. The van der Waals surface area contributed by atoms with Gasteiger partial charge in [0, 0.05) is 55.5 Å². The molecule has 2 aliphatic heterocycles. The number of ether oxygens (including phenoxy) is 4. The second kappa shape index (κ2) is 22.9. The fourth-order valence-corrected chi connectivity index (χ4v) is 7.01. The minimum absolute atomic E-state index is 0.0233. The molecule has 3 rings (SSSR count). The van der Waals surface area contributed by atoms with Crippen LogP contribution in [-0.2, 0) is 33.4 Å². The van der Waals surface area contributed by atoms with E-state index in [9.17, 15) is 28.8 Å². The average Bonchev–Trinajstić information content (AvgIpc) is 3.65. The van der Waals surface area contributed by atoms with Crippen molar-refractivity contribution in [2.24, 2.45) is 0 Å². The smallest absolute Gasteiger partial charge is 0.315 e. The summed E-state index contributed by atoms with van der Waals surface area (Å²) >= 11 is 1.87. The molecule has 1 aromatic rings. The van der Waals surface area contributed by atoms with E-state index in [4.69, 9.17) is 18.9 Å². The van der Waals surface area contributed by atoms with Crippen molar-refractivity contribution in [2.75, 3.05) is 58.4 Å². The number of hydrogen-bond acceptors (Lipinski definition) is 11. The number of rotatable bonds is 25. The molecule has 0 unspecified atom stereocenters. The Morgan fingerprint density at radius 1 is 0.827 bits per heavy atom. The molecule has 5 amide bonds. The van der Waals surface area contributed by atoms with E-state index in [0.29, 0.717) is 55.5 Å². The molecular formula is C36H55N5O10S. The lowest BCUT2D eigenvalue weighted by Gasteiger charge is -2.19. The largest absolute Gasteiger partial charge is 0.484 e. The zero-order chi connectivity index (χ0) is 37.8. The Hall–Kier alpha value is -3.89. The average molecular weight is 750 g/mol. The predicted molar refractivity (Wildman–Crippen MR) is 195 cm³/mol. The molecule has 0 aromatic heterocycles. The van der Waals surface area contributed by atoms with Gasteiger partial charge in [0.2, 0.25) is 5.91 Å². The van der Waals surface area contributed by atoms with Crippen molar-refractivity contribution in [1.29, 1.82) is 0 Å². The topological polar surface area (TPSA) is 199 Å². The van der Waals surface area contributed by atoms with Crippen molar-refractivity contribution in [1.82, 2.24) is 26.6 Å². The van der Waals surface area contributed by atoms with Gasteiger partial charge in [0.15, 0.2) is 6.61 Å². The molecule has 0 bridgehead atoms. The van der Waals surface area contributed by atoms with Crippen molar-refractivity contribution in [3.05, 3.63) is 29.8 Å². The molecule has 290 valence electrons. The van der Waals surface area contributed by atoms with Crippen LogP contribution in [0.1, 0.15) is 82.5 Å². The van der Waals surface area contributed by atoms with Gasteiger partial charge in [-0.3, -0.25) is 24.0 Å². The molecule has 5 N–H and O–H groups in total. The number of ketones is 1. The number of hydrogen-bond donors (Lipinski definition) is 5. The zero-order valence-electron chi connectivity index (χ0n) is 30.6. The van der Waals surface area contributed by atoms with Crippen molar-refractivity contribution in [2.45, 2.75) is 95.1 Å². The molecule has 52 heavy (non-hydrogen) atoms. The van der Waals surface area contributed by atoms with E-state index in [1.165, 1.54) is 6.07 Å². The first-order valence-corrected chi connectivity index (χ1v) is 19.1. The summed E-state index contributed by atoms with van der Waals surface area (Å²) < 4.78 is 21.6. The Balaban J connectivity index is 1.13. The van der Waals surface area contributed by atoms with Crippen LogP contribution >= 0.6 is 11.8 Å². The van der Waals surface area contributed by atoms with Gasteiger partial charge in [-0.05, 0) is 58.2 Å². The van der Waals surface area contributed by atoms with Crippen LogP contribution < -0.4 is 31.3 Å². The number of amides is 5. The van der Waals surface area contributed by atoms with Gasteiger partial charge in [0.1, 0.15) is 17.1 Å². The summed E-state index contributed by atoms with van der Waals surface area (Å²) in [4.78, 5) is 72.1. The van der Waals surface area contributed by atoms with Gasteiger partial charge in [0.05, 0.1) is 44.9 Å². The van der Waals surface area contributed by atoms with Gasteiger partial charge in [-0.2, -0.15) is 11.8 Å². The van der Waals surface area contributed by atoms with Crippen LogP contribution in [-0.4, -0.2) is 117 Å². The van der Waals surface area contributed by atoms with Crippen molar-refractivity contribution >= 4 is 47.3 Å². The van der Waals surface area contributed by atoms with Gasteiger partial charge < -0.3 is 45.5 Å². The van der Waals surface area contributed by atoms with Crippen LogP contribution in [0, 0.1) is 0 Å². The number of fused-ring (bicyclic) bond motifs is 1. The number of unbranched alkanes of at least 4 members (excludes halogenated alkanes) is 1. The second-order valence-corrected chi connectivity index (χ2v) is 14.9. The maximum atomic E-state index is 12.6. The third-order valence-electron chi connectivity index (χ3n) is 8.00. The molecule has 15 nitrogen and oxygen atoms in total. The van der Waals surface area contributed by atoms with E-state index in [-0.39, 0.29) is 93.4 Å². The van der Waals surface area contributed by atoms with Crippen LogP contribution in [0.5, 0.6) is 5.75 Å². The monoisotopic (exact) mass is 749 g/mol. The Bertz CT molecular complexity index is 1340. The highest BCUT2D eigenvalue weighted by Gasteiger charge is 2.42. The predicted octanol–water partition coefficient (Wildman–Crippen LogP) is 2.26. The van der Waals surface area contributed by atoms with Gasteiger partial charge in [-0.1, -0.05) is 12.5 Å². The first-order valence-electron chi connectivity index (χ1n) is 18.0. The van der Waals surface area contributed by atoms with Crippen LogP contribution in [0.3, 0.4) is 0 Å². The van der Waals surface area contributed by atoms with Gasteiger partial charge in [-0.15, -0.1) is 0 Å². The Kier molecular flexibility index (Phi) is 18.7. The lowest BCUT2D eigenvalue weighted by atomic mass is 10.0. The molecule has 0 radical (unpaired) electrons. The Morgan fingerprint density at radius 3 is 2.31 bits per heavy atom. The molecule has 0 saturated carbocycles. The highest BCUT2D eigenvalue weighted by molar-refractivity contribution is 8.00. The first-order chi connectivity index (χ1) is 24.9. The molecule has 1 aromatic carbocycles. The molecule has 0 spiro atoms. The summed E-state index contributed by atoms with van der Waals surface area (Å²) in [6.07, 6.45) is 4.30. The highest BCUT2D eigenvalue weighted by Crippen LogP contribution is 2.33. The summed E-state index contributed by atoms with van der Waals surface area (Å²) in [6.45, 7) is 7.10. The number of urea groups is 1. The minimum atomic E-state index is -0.545. The molecule has 2 aliphatic rings. The molecule has 3 atom stereocenters. The lowest BCUT2D eigenvalue weighted by molar-refractivity contribution is -0.156. The second-order valence-electron chi connectivity index (χ2n) is 13.6. The minimum Gasteiger partial charge on any atom is -0.484 e. The number of carbonyl (C=O) groups excluding carboxylic acids is 6. The number of Topliss-reactive ketones (excluding diaryl/α,β-unsaturated/α-hetero) is 1. The Labute approximate surface area is 310 Å². The number of nitrogens with one attached hydrogen (secondary N) is 5. The van der Waals surface area contributed by atoms with Gasteiger partial charge in [-0.25, -0.2) is 4.79 Å². The number of benzene rings is 1. The molecule has 2 heterocycles. The van der Waals surface area contributed by atoms with E-state index < -0.39 is 5.60 Å². The molecule has 2 fully saturated rings. The quantitative estimate of drug-likeness (QED) is 0.0558. The van der Waals surface area contributed by atoms with Crippen molar-refractivity contribution in [3.8, 4) is 5.75 Å². The summed E-state index contributed by atoms with van der Waals surface area (Å²) in [5.74, 6) is 0.268. The maximum absolute atomic E-state index is 12.6. The standard InChI is InChI=1S/C36H55N5O10S/c1-36(2,3)51-32(45)14-19-49-21-17-38-31(44)23-50-27-10-6-8-25(22-27)34(46)39-15-7-9-26(42)13-18-48-20-16-37-30(43)12-5-4-11-29-33-28(24-52-29)40-35(47)41-33/h6,8,10,22,28-29,33H,4-5,7,9,11-21,23-24H2,1-3H3,(H,37,43)(H,38,44)(H,39,46)(H2,40,41,47)/t28-,29-,33-/m0/s1. The molecular weight excluding hydrogens is 694 g/mol. The zero-order valence-corrected chi connectivity index (χ0v) is 31.4. The van der Waals surface area contributed by atoms with Crippen LogP contribution in [0.2, 0.25) is 0 Å². The molecule has 0 aliphatic carbocycles. The summed E-state index contributed by atoms with van der Waals surface area (Å²) in [5.41, 5.74) is -0.182. The van der Waals surface area contributed by atoms with Crippen LogP contribution in [0.4, 0.5) is 4.79 Å². The summed E-state index contributed by atoms with van der Waals surface area (Å²) in [6, 6.07) is 6.77. The lowest BCUT2D eigenvalue weighted by Crippen LogP contribution is -2.36. The Morgan fingerprint density at radius 2 is 1.56 bits per heavy atom. The summed E-state index contributed by atoms with van der Waals surface area (Å²) in [7, 11) is 0. The van der Waals surface area contributed by atoms with Crippen LogP contribution in [0.25, 0.3) is 0 Å². The third kappa shape index (κ3) is 17.6. The van der Waals surface area contributed by atoms with Crippen molar-refractivity contribution < 1.29 is 47.7 Å². The van der Waals surface area contributed by atoms with E-state index in [2.05, 4.69) is 26.6 Å². The number of esters is 1. The third-order valence-corrected chi connectivity index (χ3v) is 9.51. The highest BCUT2D eigenvalue weighted by atomic mass is 32.2. The van der Waals surface area contributed by atoms with E-state index in [1.54, 1.807) is 39.0 Å². The van der Waals surface area contributed by atoms with E-state index in [1.807, 2.05) is 11.8 Å². The number of carbonyl (C=O) groups is 6. The first kappa shape index (κ1) is 42.5. The maximum Gasteiger partial charge on any atom is 0.315 e. The fraction of sp³-hybridized carbons (Fsp3) is 0.667. The van der Waals surface area contributed by atoms with Crippen LogP contribution in [0.15, 0.2) is 24.3 Å². The molecule has 16 heteroatoms. The summed E-state index contributed by atoms with van der Waals surface area (Å²) in [5, 5.41) is 14.6. The van der Waals surface area contributed by atoms with E-state index >= 15 is 0 Å². The number of thioether (sulfide) groups is 1. The van der Waals surface area contributed by atoms with Gasteiger partial charge in [0.25, 0.3) is 11.8 Å². The van der Waals surface area contributed by atoms with E-state index in [0.717, 1.165) is 25.0 Å².